The summed E-state index contributed by atoms with van der Waals surface area (Å²) in [5.41, 5.74) is 0. The predicted octanol–water partition coefficient (Wildman–Crippen LogP) is -20.7. The third kappa shape index (κ3) is 51.9. The van der Waals surface area contributed by atoms with Crippen molar-refractivity contribution >= 4 is 119 Å². The van der Waals surface area contributed by atoms with Crippen LogP contribution in [0.25, 0.3) is 0 Å². The van der Waals surface area contributed by atoms with Crippen molar-refractivity contribution in [1.29, 1.82) is 0 Å². The van der Waals surface area contributed by atoms with Crippen LogP contribution in [0.1, 0.15) is 0 Å². The smallest absolute Gasteiger partial charge is 0.544 e. The van der Waals surface area contributed by atoms with E-state index >= 15 is 0 Å². The number of hydrogen-bond acceptors (Lipinski definition) is 45. The Kier molecular flexibility index (Phi) is 65.8. The van der Waals surface area contributed by atoms with Gasteiger partial charge in [0.1, 0.15) is 132 Å². The first kappa shape index (κ1) is 120. The Morgan fingerprint density at radius 2 is 0.264 bits per heavy atom. The first-order valence-corrected chi connectivity index (χ1v) is 26.9. The molecule has 0 saturated carbocycles. The van der Waals surface area contributed by atoms with Crippen LogP contribution in [0.3, 0.4) is 0 Å². The molecule has 106 heavy (non-hydrogen) atoms. The van der Waals surface area contributed by atoms with Crippen molar-refractivity contribution in [2.45, 2.75) is 0 Å². The molecule has 5 heterocycles. The fourth-order valence-electron chi connectivity index (χ4n) is 9.17. The van der Waals surface area contributed by atoms with Gasteiger partial charge in [-0.1, -0.05) is 0 Å². The van der Waals surface area contributed by atoms with Gasteiger partial charge in [0.05, 0.1) is 59.7 Å². The van der Waals surface area contributed by atoms with Gasteiger partial charge in [-0.15, -0.1) is 0 Å². The minimum atomic E-state index is -1.60. The summed E-state index contributed by atoms with van der Waals surface area (Å²) in [4.78, 5) is 221. The van der Waals surface area contributed by atoms with Gasteiger partial charge in [-0.3, -0.25) is 22.4 Å². The molecular formula is C50H91Fe2N14O40+5. The Balaban J connectivity index is -0.000000115. The number of carbonyl (C=O) groups excluding carboxylic acids is 20. The Hall–Kier alpha value is -10.1. The van der Waals surface area contributed by atoms with Crippen LogP contribution in [0, 0.1) is 0 Å². The molecule has 0 aliphatic carbocycles. The number of carbonyl (C=O) groups is 20. The molecule has 0 aromatic rings. The zero-order chi connectivity index (χ0) is 72.3. The second kappa shape index (κ2) is 58.2. The summed E-state index contributed by atoms with van der Waals surface area (Å²) in [5, 5.41) is 107. The zero-order valence-electron chi connectivity index (χ0n) is 58.0. The maximum Gasteiger partial charge on any atom is 3.00 e. The van der Waals surface area contributed by atoms with E-state index in [4.69, 9.17) is 0 Å². The second-order valence-electron chi connectivity index (χ2n) is 20.8. The van der Waals surface area contributed by atoms with Crippen molar-refractivity contribution in [3.63, 3.8) is 0 Å². The molecule has 0 atom stereocenters. The molecule has 612 valence electrons. The summed E-state index contributed by atoms with van der Waals surface area (Å²) >= 11 is 0. The predicted molar refractivity (Wildman–Crippen MR) is 307 cm³/mol. The van der Waals surface area contributed by atoms with E-state index in [0.717, 1.165) is 0 Å². The van der Waals surface area contributed by atoms with E-state index in [1.165, 1.54) is 0 Å². The van der Waals surface area contributed by atoms with Crippen LogP contribution in [-0.2, 0) is 177 Å². The van der Waals surface area contributed by atoms with E-state index in [1.54, 1.807) is 0 Å². The fourth-order valence-corrected chi connectivity index (χ4v) is 9.17. The molecule has 2 radical (unpaired) electrons. The summed E-state index contributed by atoms with van der Waals surface area (Å²) < 4.78 is 42.3. The molecule has 5 saturated heterocycles. The Morgan fingerprint density at radius 1 is 0.198 bits per heavy atom. The summed E-state index contributed by atoms with van der Waals surface area (Å²) in [7, 11) is 0. The van der Waals surface area contributed by atoms with Crippen LogP contribution in [0.4, 0.5) is 0 Å². The SMILES string of the molecule is N.N.N.N.N.O=C([O-])C[N+]1(CC(=O)[O-])CC(=O)OCCOC(=O)C1.O=C([O-])C[N+]1(CC(=O)[O-])CC(=O)OCCOC(=O)C1.O=C([O-])C[N+]1(CC(=O)[O-])CC(=O)OCCOC(=O)C1.O=C([O-])C[N+]1(CC(=O)[O-])CC(=O)OCCOC(=O)C1.O=C([O-])C[N+]1(CC(=O)[O-])CC(=O)OCCOC(=O)C1.[Fe+3].[Fe+3].[NH4+].[NH4+].[NH4+].[NH4+]. The summed E-state index contributed by atoms with van der Waals surface area (Å²) in [6, 6.07) is 0. The van der Waals surface area contributed by atoms with Crippen LogP contribution in [0.2, 0.25) is 0 Å². The first-order chi connectivity index (χ1) is 44.1. The average molecular weight is 1640 g/mol. The third-order valence-corrected chi connectivity index (χ3v) is 12.3. The molecule has 0 bridgehead atoms. The number of carboxylic acid groups (broad SMARTS) is 10. The summed E-state index contributed by atoms with van der Waals surface area (Å²) in [5.74, 6) is -24.1. The molecule has 31 N–H and O–H groups in total. The average Bonchev–Trinajstić information content (AvgIpc) is 1.23. The second-order valence-corrected chi connectivity index (χ2v) is 20.8. The fraction of sp³-hybridized carbons (Fsp3) is 0.600. The van der Waals surface area contributed by atoms with Crippen molar-refractivity contribution in [1.82, 2.24) is 55.4 Å². The molecule has 56 heteroatoms. The van der Waals surface area contributed by atoms with Crippen LogP contribution in [0.15, 0.2) is 0 Å². The van der Waals surface area contributed by atoms with Gasteiger partial charge >= 0.3 is 93.8 Å². The van der Waals surface area contributed by atoms with E-state index in [0.29, 0.717) is 0 Å². The molecule has 5 aliphatic heterocycles. The normalized spacial score (nSPS) is 17.4. The number of aliphatic carboxylic acids is 10. The largest absolute Gasteiger partial charge is 3.00 e. The summed E-state index contributed by atoms with van der Waals surface area (Å²) in [6.45, 7) is -15.9. The van der Waals surface area contributed by atoms with Crippen molar-refractivity contribution in [2.75, 3.05) is 197 Å². The molecule has 0 amide bonds. The maximum atomic E-state index is 11.4. The first-order valence-electron chi connectivity index (χ1n) is 26.9. The Morgan fingerprint density at radius 3 is 0.321 bits per heavy atom. The number of nitrogens with zero attached hydrogens (tertiary/aromatic N) is 5. The third-order valence-electron chi connectivity index (χ3n) is 12.3. The number of esters is 10. The number of ether oxygens (including phenoxy) is 10. The van der Waals surface area contributed by atoms with Gasteiger partial charge in [0.2, 0.25) is 0 Å². The van der Waals surface area contributed by atoms with Crippen LogP contribution >= 0.6 is 0 Å². The number of rotatable bonds is 20. The van der Waals surface area contributed by atoms with Gasteiger partial charge in [-0.05, 0) is 0 Å². The standard InChI is InChI=1S/5C10H13NO8.2Fe.9H3N/c5*12-7(13)3-11(4-8(14)15)5-9(16)18-1-2-19-10(17)6-11;;;;;;;;;;;/h5*1-6H2,(H-,12,13,14,15);;;9*1H3/q;;;;;2*+3;;;;;;;;;/p-1. The van der Waals surface area contributed by atoms with Gasteiger partial charge in [0.15, 0.2) is 65.4 Å². The number of quaternary nitrogens is 9. The molecule has 0 unspecified atom stereocenters. The minimum Gasteiger partial charge on any atom is -0.544 e. The number of cyclic esters (lactones) is 10. The van der Waals surface area contributed by atoms with E-state index in [2.05, 4.69) is 47.4 Å². The van der Waals surface area contributed by atoms with E-state index in [1.807, 2.05) is 0 Å². The van der Waals surface area contributed by atoms with Gasteiger partial charge in [0, 0.05) is 0 Å². The van der Waals surface area contributed by atoms with Crippen molar-refractivity contribution in [2.24, 2.45) is 0 Å². The minimum absolute atomic E-state index is 0. The summed E-state index contributed by atoms with van der Waals surface area (Å²) in [6.07, 6.45) is 0. The van der Waals surface area contributed by atoms with Crippen molar-refractivity contribution in [3.8, 4) is 0 Å². The van der Waals surface area contributed by atoms with Crippen LogP contribution < -0.4 is 106 Å². The molecule has 0 spiro atoms. The zero-order valence-corrected chi connectivity index (χ0v) is 60.2. The quantitative estimate of drug-likeness (QED) is 0.0237. The Bertz CT molecular complexity index is 2320. The van der Waals surface area contributed by atoms with Crippen molar-refractivity contribution < 1.29 is 251 Å². The monoisotopic (exact) mass is 1640 g/mol. The molecular weight excluding hydrogens is 1550 g/mol. The van der Waals surface area contributed by atoms with Gasteiger partial charge in [-0.25, -0.2) is 47.9 Å². The Labute approximate surface area is 620 Å². The topological polar surface area (TPSA) is 985 Å². The molecule has 5 aliphatic rings. The van der Waals surface area contributed by atoms with E-state index < -0.39 is 273 Å². The van der Waals surface area contributed by atoms with Gasteiger partial charge in [0.25, 0.3) is 0 Å². The van der Waals surface area contributed by atoms with E-state index in [9.17, 15) is 147 Å². The van der Waals surface area contributed by atoms with Gasteiger partial charge in [-0.2, -0.15) is 0 Å². The molecule has 5 fully saturated rings. The maximum absolute atomic E-state index is 11.4. The number of hydrogen-bond donors (Lipinski definition) is 9. The molecule has 0 aromatic heterocycles. The molecule has 5 rings (SSSR count). The number of carboxylic acids is 10. The molecule has 0 aromatic carbocycles. The van der Waals surface area contributed by atoms with Gasteiger partial charge < -0.3 is 202 Å². The van der Waals surface area contributed by atoms with Crippen LogP contribution in [-0.4, -0.2) is 339 Å². The van der Waals surface area contributed by atoms with Crippen molar-refractivity contribution in [3.05, 3.63) is 0 Å². The van der Waals surface area contributed by atoms with E-state index in [-0.39, 0.29) is 156 Å². The molecule has 54 nitrogen and oxygen atoms in total. The van der Waals surface area contributed by atoms with Crippen LogP contribution in [0.5, 0.6) is 0 Å².